The second-order valence-corrected chi connectivity index (χ2v) is 6.46. The number of carboxylic acid groups (broad SMARTS) is 1. The molecular weight excluding hydrogens is 370 g/mol. The Hall–Kier alpha value is -2.35. The number of hydrogen-bond donors (Lipinski definition) is 3. The zero-order valence-electron chi connectivity index (χ0n) is 15.3. The lowest BCUT2D eigenvalue weighted by molar-refractivity contribution is 0.0695. The van der Waals surface area contributed by atoms with Crippen LogP contribution in [0.3, 0.4) is 0 Å². The van der Waals surface area contributed by atoms with E-state index < -0.39 is 11.5 Å². The summed E-state index contributed by atoms with van der Waals surface area (Å²) in [6.45, 7) is 3.39. The Morgan fingerprint density at radius 2 is 2.00 bits per heavy atom. The van der Waals surface area contributed by atoms with Crippen molar-refractivity contribution in [1.82, 2.24) is 4.98 Å². The second kappa shape index (κ2) is 8.56. The first kappa shape index (κ1) is 21.0. The second-order valence-electron chi connectivity index (χ2n) is 6.46. The molecule has 1 fully saturated rings. The molecule has 1 saturated heterocycles. The van der Waals surface area contributed by atoms with Gasteiger partial charge in [0.25, 0.3) is 5.56 Å². The summed E-state index contributed by atoms with van der Waals surface area (Å²) in [6, 6.07) is 9.22. The first-order chi connectivity index (χ1) is 12.4. The van der Waals surface area contributed by atoms with E-state index in [0.29, 0.717) is 12.1 Å². The van der Waals surface area contributed by atoms with Gasteiger partial charge in [0.1, 0.15) is 5.56 Å². The Balaban J connectivity index is 0.00000261. The van der Waals surface area contributed by atoms with E-state index in [9.17, 15) is 9.59 Å². The van der Waals surface area contributed by atoms with Gasteiger partial charge in [0.2, 0.25) is 0 Å². The van der Waals surface area contributed by atoms with Crippen molar-refractivity contribution >= 4 is 24.1 Å². The van der Waals surface area contributed by atoms with E-state index in [1.54, 1.807) is 7.11 Å². The van der Waals surface area contributed by atoms with Gasteiger partial charge in [-0.05, 0) is 35.7 Å². The van der Waals surface area contributed by atoms with Gasteiger partial charge in [-0.1, -0.05) is 19.1 Å². The number of aromatic carboxylic acids is 1. The number of nitrogens with zero attached hydrogens (tertiary/aromatic N) is 1. The third-order valence-electron chi connectivity index (χ3n) is 4.87. The summed E-state index contributed by atoms with van der Waals surface area (Å²) < 4.78 is 5.39. The number of H-pyrrole nitrogens is 1. The molecule has 0 saturated carbocycles. The Kier molecular flexibility index (Phi) is 6.64. The summed E-state index contributed by atoms with van der Waals surface area (Å²) in [5, 5.41) is 9.12. The summed E-state index contributed by atoms with van der Waals surface area (Å²) in [5.41, 5.74) is 8.56. The van der Waals surface area contributed by atoms with E-state index in [2.05, 4.69) is 9.88 Å². The minimum atomic E-state index is -1.22. The Labute approximate surface area is 163 Å². The van der Waals surface area contributed by atoms with Crippen LogP contribution in [0.2, 0.25) is 0 Å². The summed E-state index contributed by atoms with van der Waals surface area (Å²) in [5.74, 6) is -1.22. The maximum atomic E-state index is 12.0. The van der Waals surface area contributed by atoms with Crippen molar-refractivity contribution in [2.45, 2.75) is 25.5 Å². The summed E-state index contributed by atoms with van der Waals surface area (Å²) in [7, 11) is 1.67. The molecule has 0 unspecified atom stereocenters. The maximum absolute atomic E-state index is 12.0. The summed E-state index contributed by atoms with van der Waals surface area (Å²) in [6.07, 6.45) is 0.631. The Bertz CT molecular complexity index is 866. The highest BCUT2D eigenvalue weighted by molar-refractivity contribution is 5.88. The number of carboxylic acids is 1. The van der Waals surface area contributed by atoms with Crippen LogP contribution in [-0.2, 0) is 11.2 Å². The molecule has 4 N–H and O–H groups in total. The molecule has 27 heavy (non-hydrogen) atoms. The molecule has 0 amide bonds. The van der Waals surface area contributed by atoms with Crippen LogP contribution >= 0.6 is 12.4 Å². The van der Waals surface area contributed by atoms with Crippen molar-refractivity contribution in [2.24, 2.45) is 5.73 Å². The lowest BCUT2D eigenvalue weighted by Crippen LogP contribution is -2.34. The first-order valence-electron chi connectivity index (χ1n) is 8.57. The highest BCUT2D eigenvalue weighted by Crippen LogP contribution is 2.27. The number of hydrogen-bond acceptors (Lipinski definition) is 5. The van der Waals surface area contributed by atoms with E-state index in [1.165, 1.54) is 6.07 Å². The van der Waals surface area contributed by atoms with E-state index in [0.717, 1.165) is 29.9 Å². The van der Waals surface area contributed by atoms with Crippen molar-refractivity contribution < 1.29 is 14.6 Å². The van der Waals surface area contributed by atoms with E-state index in [-0.39, 0.29) is 30.1 Å². The molecule has 3 rings (SSSR count). The number of benzene rings is 1. The van der Waals surface area contributed by atoms with Gasteiger partial charge in [-0.2, -0.15) is 0 Å². The minimum Gasteiger partial charge on any atom is -0.477 e. The number of anilines is 1. The fraction of sp³-hybridized carbons (Fsp3) is 0.368. The van der Waals surface area contributed by atoms with Gasteiger partial charge < -0.3 is 25.5 Å². The van der Waals surface area contributed by atoms with Crippen LogP contribution < -0.4 is 16.2 Å². The molecule has 1 aliphatic rings. The van der Waals surface area contributed by atoms with E-state index in [4.69, 9.17) is 15.6 Å². The van der Waals surface area contributed by atoms with Crippen LogP contribution in [-0.4, -0.2) is 48.4 Å². The number of nitrogens with one attached hydrogen (secondary N) is 1. The van der Waals surface area contributed by atoms with Crippen LogP contribution in [0.15, 0.2) is 35.1 Å². The molecule has 0 aliphatic carbocycles. The topological polar surface area (TPSA) is 109 Å². The third kappa shape index (κ3) is 4.16. The van der Waals surface area contributed by atoms with Crippen molar-refractivity contribution in [1.29, 1.82) is 0 Å². The lowest BCUT2D eigenvalue weighted by atomic mass is 10.0. The van der Waals surface area contributed by atoms with E-state index >= 15 is 0 Å². The molecule has 2 heterocycles. The van der Waals surface area contributed by atoms with Crippen molar-refractivity contribution in [3.8, 4) is 11.3 Å². The largest absolute Gasteiger partial charge is 0.477 e. The number of aromatic nitrogens is 1. The van der Waals surface area contributed by atoms with Crippen LogP contribution in [0.1, 0.15) is 22.8 Å². The fourth-order valence-electron chi connectivity index (χ4n) is 3.37. The number of aromatic amines is 1. The highest BCUT2D eigenvalue weighted by Gasteiger charge is 2.30. The number of methoxy groups -OCH3 is 1. The molecule has 0 radical (unpaired) electrons. The molecule has 1 aromatic heterocycles. The SMILES string of the molecule is CCc1cc(C(=O)O)c(=O)[nH]c1-c1ccc(N2C[C@@H](N)[C@@H](OC)C2)cc1.Cl. The minimum absolute atomic E-state index is 0. The predicted molar refractivity (Wildman–Crippen MR) is 107 cm³/mol. The quantitative estimate of drug-likeness (QED) is 0.715. The van der Waals surface area contributed by atoms with Crippen molar-refractivity contribution in [3.05, 3.63) is 51.8 Å². The van der Waals surface area contributed by atoms with E-state index in [1.807, 2.05) is 31.2 Å². The molecule has 8 heteroatoms. The smallest absolute Gasteiger partial charge is 0.341 e. The highest BCUT2D eigenvalue weighted by atomic mass is 35.5. The molecule has 2 atom stereocenters. The average molecular weight is 394 g/mol. The number of aryl methyl sites for hydroxylation is 1. The van der Waals surface area contributed by atoms with Crippen LogP contribution in [0.5, 0.6) is 0 Å². The predicted octanol–water partition coefficient (Wildman–Crippen LogP) is 1.89. The number of nitrogens with two attached hydrogens (primary N) is 1. The molecule has 2 aromatic rings. The Morgan fingerprint density at radius 1 is 1.33 bits per heavy atom. The van der Waals surface area contributed by atoms with Crippen LogP contribution in [0.4, 0.5) is 5.69 Å². The molecule has 0 bridgehead atoms. The zero-order chi connectivity index (χ0) is 18.8. The van der Waals surface area contributed by atoms with Crippen LogP contribution in [0, 0.1) is 0 Å². The number of rotatable bonds is 5. The van der Waals surface area contributed by atoms with Gasteiger partial charge in [0.05, 0.1) is 17.8 Å². The zero-order valence-corrected chi connectivity index (χ0v) is 16.1. The van der Waals surface area contributed by atoms with Crippen molar-refractivity contribution in [2.75, 3.05) is 25.1 Å². The fourth-order valence-corrected chi connectivity index (χ4v) is 3.37. The van der Waals surface area contributed by atoms with Crippen molar-refractivity contribution in [3.63, 3.8) is 0 Å². The average Bonchev–Trinajstić information content (AvgIpc) is 3.02. The standard InChI is InChI=1S/C19H23N3O4.ClH/c1-3-11-8-14(19(24)25)18(23)21-17(11)12-4-6-13(7-5-12)22-9-15(20)16(10-22)26-2;/h4-8,15-16H,3,9-10,20H2,1-2H3,(H,21,23)(H,24,25);1H/t15-,16+;/m1./s1. The summed E-state index contributed by atoms with van der Waals surface area (Å²) >= 11 is 0. The number of halogens is 1. The van der Waals surface area contributed by atoms with Gasteiger partial charge >= 0.3 is 5.97 Å². The molecular formula is C19H24ClN3O4. The monoisotopic (exact) mass is 393 g/mol. The number of ether oxygens (including phenoxy) is 1. The number of pyridine rings is 1. The maximum Gasteiger partial charge on any atom is 0.341 e. The summed E-state index contributed by atoms with van der Waals surface area (Å²) in [4.78, 5) is 28.1. The normalized spacial score (nSPS) is 19.0. The molecule has 1 aromatic carbocycles. The number of carbonyl (C=O) groups is 1. The van der Waals surface area contributed by atoms with Gasteiger partial charge in [-0.3, -0.25) is 4.79 Å². The van der Waals surface area contributed by atoms with Gasteiger partial charge in [-0.15, -0.1) is 12.4 Å². The van der Waals surface area contributed by atoms with Gasteiger partial charge in [0.15, 0.2) is 0 Å². The molecule has 146 valence electrons. The van der Waals surface area contributed by atoms with Gasteiger partial charge in [-0.25, -0.2) is 4.79 Å². The molecule has 1 aliphatic heterocycles. The lowest BCUT2D eigenvalue weighted by Gasteiger charge is -2.19. The molecule has 0 spiro atoms. The van der Waals surface area contributed by atoms with Crippen LogP contribution in [0.25, 0.3) is 11.3 Å². The van der Waals surface area contributed by atoms with Gasteiger partial charge in [0, 0.05) is 25.9 Å². The first-order valence-corrected chi connectivity index (χ1v) is 8.57. The Morgan fingerprint density at radius 3 is 2.52 bits per heavy atom. The third-order valence-corrected chi connectivity index (χ3v) is 4.87. The molecule has 7 nitrogen and oxygen atoms in total.